The molecule has 0 radical (unpaired) electrons. The predicted molar refractivity (Wildman–Crippen MR) is 69.9 cm³/mol. The van der Waals surface area contributed by atoms with E-state index in [2.05, 4.69) is 20.8 Å². The Morgan fingerprint density at radius 2 is 2.44 bits per heavy atom. The molecule has 2 atom stereocenters. The van der Waals surface area contributed by atoms with Crippen molar-refractivity contribution in [1.29, 1.82) is 0 Å². The van der Waals surface area contributed by atoms with Gasteiger partial charge in [-0.2, -0.15) is 0 Å². The van der Waals surface area contributed by atoms with Gasteiger partial charge in [0, 0.05) is 25.1 Å². The number of carbonyl (C=O) groups is 1. The van der Waals surface area contributed by atoms with Gasteiger partial charge in [0.15, 0.2) is 0 Å². The Labute approximate surface area is 110 Å². The van der Waals surface area contributed by atoms with Gasteiger partial charge < -0.3 is 15.4 Å². The molecule has 1 aliphatic rings. The van der Waals surface area contributed by atoms with Crippen LogP contribution in [0.4, 0.5) is 5.13 Å². The second kappa shape index (κ2) is 6.10. The first-order chi connectivity index (χ1) is 8.70. The number of amides is 1. The predicted octanol–water partition coefficient (Wildman–Crippen LogP) is 1.12. The number of nitrogens with one attached hydrogen (secondary N) is 2. The molecule has 2 N–H and O–H groups in total. The number of nitrogens with zero attached hydrogens (tertiary/aromatic N) is 2. The van der Waals surface area contributed by atoms with Crippen LogP contribution in [0.3, 0.4) is 0 Å². The van der Waals surface area contributed by atoms with Gasteiger partial charge in [0.25, 0.3) is 5.91 Å². The Kier molecular flexibility index (Phi) is 4.48. The second-order valence-electron chi connectivity index (χ2n) is 4.33. The molecule has 1 aromatic rings. The highest BCUT2D eigenvalue weighted by atomic mass is 32.1. The summed E-state index contributed by atoms with van der Waals surface area (Å²) in [4.78, 5) is 12.0. The molecule has 2 heterocycles. The lowest BCUT2D eigenvalue weighted by Gasteiger charge is -2.18. The van der Waals surface area contributed by atoms with Crippen molar-refractivity contribution in [2.75, 3.05) is 25.1 Å². The molecule has 1 saturated heterocycles. The van der Waals surface area contributed by atoms with Gasteiger partial charge in [-0.3, -0.25) is 4.79 Å². The van der Waals surface area contributed by atoms with Gasteiger partial charge in [-0.15, -0.1) is 10.2 Å². The molecule has 0 spiro atoms. The van der Waals surface area contributed by atoms with Crippen molar-refractivity contribution in [3.05, 3.63) is 5.01 Å². The Morgan fingerprint density at radius 1 is 1.61 bits per heavy atom. The lowest BCUT2D eigenvalue weighted by Crippen LogP contribution is -2.38. The molecule has 2 unspecified atom stereocenters. The zero-order valence-electron chi connectivity index (χ0n) is 10.6. The molecule has 7 heteroatoms. The average Bonchev–Trinajstić information content (AvgIpc) is 3.00. The molecule has 100 valence electrons. The molecule has 2 rings (SSSR count). The van der Waals surface area contributed by atoms with Crippen molar-refractivity contribution in [1.82, 2.24) is 15.5 Å². The van der Waals surface area contributed by atoms with E-state index in [1.54, 1.807) is 0 Å². The number of aromatic nitrogens is 2. The molecule has 0 aliphatic carbocycles. The highest BCUT2D eigenvalue weighted by Crippen LogP contribution is 2.18. The Morgan fingerprint density at radius 3 is 3.11 bits per heavy atom. The van der Waals surface area contributed by atoms with Crippen molar-refractivity contribution in [2.24, 2.45) is 5.92 Å². The summed E-state index contributed by atoms with van der Waals surface area (Å²) in [6.45, 7) is 6.26. The molecule has 18 heavy (non-hydrogen) atoms. The van der Waals surface area contributed by atoms with Gasteiger partial charge in [-0.25, -0.2) is 0 Å². The van der Waals surface area contributed by atoms with Crippen LogP contribution in [0, 0.1) is 5.92 Å². The maximum atomic E-state index is 12.0. The summed E-state index contributed by atoms with van der Waals surface area (Å²) in [6.07, 6.45) is 1.00. The van der Waals surface area contributed by atoms with Crippen LogP contribution in [0.2, 0.25) is 0 Å². The summed E-state index contributed by atoms with van der Waals surface area (Å²) in [5.74, 6) is 0.242. The SMILES string of the molecule is CCNc1nnc(C(=O)NC(C)C2CCOC2)s1. The third-order valence-corrected chi connectivity index (χ3v) is 3.86. The zero-order chi connectivity index (χ0) is 13.0. The van der Waals surface area contributed by atoms with E-state index in [-0.39, 0.29) is 11.9 Å². The molecule has 1 aliphatic heterocycles. The van der Waals surface area contributed by atoms with Crippen LogP contribution < -0.4 is 10.6 Å². The summed E-state index contributed by atoms with van der Waals surface area (Å²) < 4.78 is 5.31. The lowest BCUT2D eigenvalue weighted by molar-refractivity contribution is 0.0921. The molecular weight excluding hydrogens is 252 g/mol. The minimum Gasteiger partial charge on any atom is -0.381 e. The van der Waals surface area contributed by atoms with Gasteiger partial charge in [0.1, 0.15) is 0 Å². The topological polar surface area (TPSA) is 76.1 Å². The molecule has 6 nitrogen and oxygen atoms in total. The van der Waals surface area contributed by atoms with Gasteiger partial charge in [0.2, 0.25) is 10.1 Å². The number of ether oxygens (including phenoxy) is 1. The van der Waals surface area contributed by atoms with Crippen molar-refractivity contribution in [3.63, 3.8) is 0 Å². The zero-order valence-corrected chi connectivity index (χ0v) is 11.4. The fraction of sp³-hybridized carbons (Fsp3) is 0.727. The van der Waals surface area contributed by atoms with Crippen LogP contribution in [0.5, 0.6) is 0 Å². The highest BCUT2D eigenvalue weighted by molar-refractivity contribution is 7.17. The summed E-state index contributed by atoms with van der Waals surface area (Å²) in [5, 5.41) is 14.9. The van der Waals surface area contributed by atoms with Crippen molar-refractivity contribution >= 4 is 22.4 Å². The van der Waals surface area contributed by atoms with Crippen LogP contribution in [-0.4, -0.2) is 41.9 Å². The maximum Gasteiger partial charge on any atom is 0.282 e. The standard InChI is InChI=1S/C11H18N4O2S/c1-3-12-11-15-14-10(18-11)9(16)13-7(2)8-4-5-17-6-8/h7-8H,3-6H2,1-2H3,(H,12,15)(H,13,16). The fourth-order valence-corrected chi connectivity index (χ4v) is 2.59. The number of carbonyl (C=O) groups excluding carboxylic acids is 1. The van der Waals surface area contributed by atoms with Gasteiger partial charge in [-0.05, 0) is 20.3 Å². The van der Waals surface area contributed by atoms with E-state index in [1.165, 1.54) is 11.3 Å². The number of anilines is 1. The van der Waals surface area contributed by atoms with E-state index >= 15 is 0 Å². The van der Waals surface area contributed by atoms with Crippen molar-refractivity contribution < 1.29 is 9.53 Å². The van der Waals surface area contributed by atoms with E-state index in [4.69, 9.17) is 4.74 Å². The minimum atomic E-state index is -0.156. The molecule has 0 saturated carbocycles. The number of hydrogen-bond acceptors (Lipinski definition) is 6. The molecule has 1 fully saturated rings. The first kappa shape index (κ1) is 13.2. The van der Waals surface area contributed by atoms with Gasteiger partial charge >= 0.3 is 0 Å². The third-order valence-electron chi connectivity index (χ3n) is 2.98. The summed E-state index contributed by atoms with van der Waals surface area (Å²) in [6, 6.07) is 0.103. The fourth-order valence-electron chi connectivity index (χ4n) is 1.87. The van der Waals surface area contributed by atoms with Gasteiger partial charge in [0.05, 0.1) is 6.61 Å². The lowest BCUT2D eigenvalue weighted by atomic mass is 10.0. The van der Waals surface area contributed by atoms with Crippen molar-refractivity contribution in [3.8, 4) is 0 Å². The van der Waals surface area contributed by atoms with E-state index in [0.29, 0.717) is 16.1 Å². The first-order valence-corrected chi connectivity index (χ1v) is 6.98. The number of hydrogen-bond donors (Lipinski definition) is 2. The first-order valence-electron chi connectivity index (χ1n) is 6.16. The van der Waals surface area contributed by atoms with Gasteiger partial charge in [-0.1, -0.05) is 11.3 Å². The molecule has 1 aromatic heterocycles. The van der Waals surface area contributed by atoms with Crippen molar-refractivity contribution in [2.45, 2.75) is 26.3 Å². The van der Waals surface area contributed by atoms with Crippen LogP contribution in [0.1, 0.15) is 30.1 Å². The number of rotatable bonds is 5. The summed E-state index contributed by atoms with van der Waals surface area (Å²) in [5.41, 5.74) is 0. The van der Waals surface area contributed by atoms with E-state index in [9.17, 15) is 4.79 Å². The van der Waals surface area contributed by atoms with Crippen LogP contribution in [-0.2, 0) is 4.74 Å². The Bertz CT molecular complexity index is 404. The van der Waals surface area contributed by atoms with Crippen LogP contribution in [0.25, 0.3) is 0 Å². The molecular formula is C11H18N4O2S. The molecule has 0 aromatic carbocycles. The second-order valence-corrected chi connectivity index (χ2v) is 5.31. The average molecular weight is 270 g/mol. The summed E-state index contributed by atoms with van der Waals surface area (Å²) in [7, 11) is 0. The van der Waals surface area contributed by atoms with E-state index < -0.39 is 0 Å². The monoisotopic (exact) mass is 270 g/mol. The Balaban J connectivity index is 1.89. The molecule has 0 bridgehead atoms. The maximum absolute atomic E-state index is 12.0. The third kappa shape index (κ3) is 3.17. The quantitative estimate of drug-likeness (QED) is 0.838. The largest absolute Gasteiger partial charge is 0.381 e. The summed E-state index contributed by atoms with van der Waals surface area (Å²) >= 11 is 1.27. The molecule has 1 amide bonds. The van der Waals surface area contributed by atoms with Crippen LogP contribution in [0.15, 0.2) is 0 Å². The van der Waals surface area contributed by atoms with E-state index in [1.807, 2.05) is 13.8 Å². The normalized spacial score (nSPS) is 20.7. The smallest absolute Gasteiger partial charge is 0.282 e. The van der Waals surface area contributed by atoms with Crippen LogP contribution >= 0.6 is 11.3 Å². The van der Waals surface area contributed by atoms with E-state index in [0.717, 1.165) is 26.2 Å². The highest BCUT2D eigenvalue weighted by Gasteiger charge is 2.24. The Hall–Kier alpha value is -1.21. The minimum absolute atomic E-state index is 0.103.